The standard InChI is InChI=1S/C15H24N2O3S/c1-3-17-6-7-20-12(11-17)9-16-10-14-5-4-13(21-14)8-15(18)19-2/h4-5,12,16H,3,6-11H2,1-2H3. The third-order valence-corrected chi connectivity index (χ3v) is 4.69. The third kappa shape index (κ3) is 5.39. The largest absolute Gasteiger partial charge is 0.469 e. The number of thiophene rings is 1. The van der Waals surface area contributed by atoms with Crippen LogP contribution in [0.5, 0.6) is 0 Å². The van der Waals surface area contributed by atoms with Crippen molar-refractivity contribution in [2.75, 3.05) is 39.9 Å². The van der Waals surface area contributed by atoms with Crippen molar-refractivity contribution in [3.05, 3.63) is 21.9 Å². The van der Waals surface area contributed by atoms with Gasteiger partial charge in [0.05, 0.1) is 26.2 Å². The molecule has 0 bridgehead atoms. The van der Waals surface area contributed by atoms with Crippen LogP contribution in [-0.4, -0.2) is 56.9 Å². The van der Waals surface area contributed by atoms with Crippen LogP contribution in [-0.2, 0) is 27.2 Å². The highest BCUT2D eigenvalue weighted by Gasteiger charge is 2.18. The molecule has 0 radical (unpaired) electrons. The molecule has 1 aromatic rings. The molecular formula is C15H24N2O3S. The number of nitrogens with one attached hydrogen (secondary N) is 1. The van der Waals surface area contributed by atoms with Crippen LogP contribution in [0.15, 0.2) is 12.1 Å². The number of nitrogens with zero attached hydrogens (tertiary/aromatic N) is 1. The predicted molar refractivity (Wildman–Crippen MR) is 83.6 cm³/mol. The van der Waals surface area contributed by atoms with Crippen molar-refractivity contribution in [1.29, 1.82) is 0 Å². The van der Waals surface area contributed by atoms with Crippen LogP contribution in [0.3, 0.4) is 0 Å². The van der Waals surface area contributed by atoms with E-state index in [4.69, 9.17) is 4.74 Å². The number of likely N-dealkylation sites (N-methyl/N-ethyl adjacent to an activating group) is 1. The monoisotopic (exact) mass is 312 g/mol. The van der Waals surface area contributed by atoms with Gasteiger partial charge in [-0.25, -0.2) is 0 Å². The Morgan fingerprint density at radius 2 is 2.33 bits per heavy atom. The summed E-state index contributed by atoms with van der Waals surface area (Å²) in [6.45, 7) is 7.81. The minimum Gasteiger partial charge on any atom is -0.469 e. The fourth-order valence-electron chi connectivity index (χ4n) is 2.37. The summed E-state index contributed by atoms with van der Waals surface area (Å²) >= 11 is 1.65. The molecule has 0 aliphatic carbocycles. The Bertz CT molecular complexity index is 450. The van der Waals surface area contributed by atoms with Gasteiger partial charge in [-0.1, -0.05) is 6.92 Å². The molecule has 1 aliphatic rings. The minimum atomic E-state index is -0.188. The van der Waals surface area contributed by atoms with Gasteiger partial charge < -0.3 is 14.8 Å². The summed E-state index contributed by atoms with van der Waals surface area (Å²) in [5, 5.41) is 3.44. The van der Waals surface area contributed by atoms with Gasteiger partial charge in [0.25, 0.3) is 0 Å². The molecule has 1 saturated heterocycles. The zero-order chi connectivity index (χ0) is 15.1. The second kappa shape index (κ2) is 8.48. The number of methoxy groups -OCH3 is 1. The van der Waals surface area contributed by atoms with E-state index < -0.39 is 0 Å². The van der Waals surface area contributed by atoms with Gasteiger partial charge >= 0.3 is 5.97 Å². The van der Waals surface area contributed by atoms with Crippen molar-refractivity contribution in [3.63, 3.8) is 0 Å². The van der Waals surface area contributed by atoms with Crippen molar-refractivity contribution in [1.82, 2.24) is 10.2 Å². The zero-order valence-electron chi connectivity index (χ0n) is 12.8. The molecule has 0 saturated carbocycles. The highest BCUT2D eigenvalue weighted by atomic mass is 32.1. The summed E-state index contributed by atoms with van der Waals surface area (Å²) in [5.74, 6) is -0.188. The van der Waals surface area contributed by atoms with Crippen molar-refractivity contribution in [3.8, 4) is 0 Å². The second-order valence-electron chi connectivity index (χ2n) is 5.14. The fourth-order valence-corrected chi connectivity index (χ4v) is 3.35. The SMILES string of the molecule is CCN1CCOC(CNCc2ccc(CC(=O)OC)s2)C1. The first-order valence-corrected chi connectivity index (χ1v) is 8.22. The molecular weight excluding hydrogens is 288 g/mol. The van der Waals surface area contributed by atoms with Crippen LogP contribution in [0, 0.1) is 0 Å². The van der Waals surface area contributed by atoms with Crippen LogP contribution >= 0.6 is 11.3 Å². The molecule has 2 heterocycles. The van der Waals surface area contributed by atoms with Crippen LogP contribution in [0.2, 0.25) is 0 Å². The van der Waals surface area contributed by atoms with Gasteiger partial charge in [0.1, 0.15) is 0 Å². The third-order valence-electron chi connectivity index (χ3n) is 3.60. The van der Waals surface area contributed by atoms with E-state index in [1.807, 2.05) is 6.07 Å². The number of morpholine rings is 1. The molecule has 1 atom stereocenters. The topological polar surface area (TPSA) is 50.8 Å². The molecule has 1 aliphatic heterocycles. The maximum Gasteiger partial charge on any atom is 0.310 e. The zero-order valence-corrected chi connectivity index (χ0v) is 13.6. The average molecular weight is 312 g/mol. The molecule has 1 fully saturated rings. The Morgan fingerprint density at radius 3 is 3.10 bits per heavy atom. The highest BCUT2D eigenvalue weighted by Crippen LogP contribution is 2.17. The first-order valence-electron chi connectivity index (χ1n) is 7.40. The molecule has 0 spiro atoms. The van der Waals surface area contributed by atoms with E-state index in [9.17, 15) is 4.79 Å². The van der Waals surface area contributed by atoms with E-state index in [-0.39, 0.29) is 12.1 Å². The summed E-state index contributed by atoms with van der Waals surface area (Å²) in [4.78, 5) is 15.9. The van der Waals surface area contributed by atoms with Gasteiger partial charge in [0, 0.05) is 35.9 Å². The Balaban J connectivity index is 1.70. The van der Waals surface area contributed by atoms with Gasteiger partial charge in [-0.15, -0.1) is 11.3 Å². The van der Waals surface area contributed by atoms with Gasteiger partial charge in [-0.2, -0.15) is 0 Å². The van der Waals surface area contributed by atoms with Gasteiger partial charge in [0.15, 0.2) is 0 Å². The molecule has 1 N–H and O–H groups in total. The molecule has 5 nitrogen and oxygen atoms in total. The molecule has 0 aromatic carbocycles. The van der Waals surface area contributed by atoms with Crippen molar-refractivity contribution in [2.24, 2.45) is 0 Å². The summed E-state index contributed by atoms with van der Waals surface area (Å²) in [7, 11) is 1.42. The Kier molecular flexibility index (Phi) is 6.63. The summed E-state index contributed by atoms with van der Waals surface area (Å²) in [6.07, 6.45) is 0.631. The summed E-state index contributed by atoms with van der Waals surface area (Å²) < 4.78 is 10.4. The maximum atomic E-state index is 11.2. The Labute approximate surface area is 130 Å². The predicted octanol–water partition coefficient (Wildman–Crippen LogP) is 1.27. The van der Waals surface area contributed by atoms with Gasteiger partial charge in [-0.3, -0.25) is 9.69 Å². The smallest absolute Gasteiger partial charge is 0.310 e. The molecule has 1 unspecified atom stereocenters. The van der Waals surface area contributed by atoms with Crippen LogP contribution in [0.4, 0.5) is 0 Å². The minimum absolute atomic E-state index is 0.188. The van der Waals surface area contributed by atoms with Crippen molar-refractivity contribution in [2.45, 2.75) is 26.0 Å². The lowest BCUT2D eigenvalue weighted by atomic mass is 10.2. The van der Waals surface area contributed by atoms with E-state index in [1.54, 1.807) is 11.3 Å². The maximum absolute atomic E-state index is 11.2. The second-order valence-corrected chi connectivity index (χ2v) is 6.39. The number of ether oxygens (including phenoxy) is 2. The lowest BCUT2D eigenvalue weighted by molar-refractivity contribution is -0.139. The lowest BCUT2D eigenvalue weighted by Gasteiger charge is -2.32. The Hall–Kier alpha value is -0.950. The molecule has 2 rings (SSSR count). The van der Waals surface area contributed by atoms with Crippen LogP contribution < -0.4 is 5.32 Å². The average Bonchev–Trinajstić information content (AvgIpc) is 2.94. The number of hydrogen-bond acceptors (Lipinski definition) is 6. The first-order chi connectivity index (χ1) is 10.2. The number of rotatable bonds is 7. The van der Waals surface area contributed by atoms with E-state index in [1.165, 1.54) is 12.0 Å². The molecule has 0 amide bonds. The van der Waals surface area contributed by atoms with Crippen molar-refractivity contribution >= 4 is 17.3 Å². The Morgan fingerprint density at radius 1 is 1.52 bits per heavy atom. The molecule has 118 valence electrons. The summed E-state index contributed by atoms with van der Waals surface area (Å²) in [6, 6.07) is 4.06. The highest BCUT2D eigenvalue weighted by molar-refractivity contribution is 7.12. The number of esters is 1. The first kappa shape index (κ1) is 16.4. The molecule has 6 heteroatoms. The van der Waals surface area contributed by atoms with E-state index in [0.29, 0.717) is 6.42 Å². The number of hydrogen-bond donors (Lipinski definition) is 1. The quantitative estimate of drug-likeness (QED) is 0.769. The molecule has 1 aromatic heterocycles. The summed E-state index contributed by atoms with van der Waals surface area (Å²) in [5.41, 5.74) is 0. The molecule has 21 heavy (non-hydrogen) atoms. The lowest BCUT2D eigenvalue weighted by Crippen LogP contribution is -2.46. The van der Waals surface area contributed by atoms with Crippen molar-refractivity contribution < 1.29 is 14.3 Å². The van der Waals surface area contributed by atoms with Gasteiger partial charge in [0.2, 0.25) is 0 Å². The fraction of sp³-hybridized carbons (Fsp3) is 0.667. The number of carbonyl (C=O) groups is 1. The van der Waals surface area contributed by atoms with Crippen LogP contribution in [0.1, 0.15) is 16.7 Å². The number of carbonyl (C=O) groups excluding carboxylic acids is 1. The van der Waals surface area contributed by atoms with E-state index in [0.717, 1.165) is 44.2 Å². The normalized spacial score (nSPS) is 19.6. The van der Waals surface area contributed by atoms with Gasteiger partial charge in [-0.05, 0) is 18.7 Å². The van der Waals surface area contributed by atoms with E-state index >= 15 is 0 Å². The van der Waals surface area contributed by atoms with Crippen LogP contribution in [0.25, 0.3) is 0 Å². The van der Waals surface area contributed by atoms with E-state index in [2.05, 4.69) is 27.9 Å².